The number of aromatic nitrogens is 4. The van der Waals surface area contributed by atoms with Crippen LogP contribution in [0.25, 0.3) is 33.1 Å². The van der Waals surface area contributed by atoms with Crippen molar-refractivity contribution in [3.63, 3.8) is 0 Å². The molecule has 0 saturated carbocycles. The number of rotatable bonds is 3. The van der Waals surface area contributed by atoms with E-state index in [1.165, 1.54) is 6.33 Å². The first-order valence-electron chi connectivity index (χ1n) is 11.2. The molecule has 3 aromatic heterocycles. The molecule has 0 aliphatic carbocycles. The Morgan fingerprint density at radius 1 is 1.24 bits per heavy atom. The maximum Gasteiger partial charge on any atom is 0.407 e. The van der Waals surface area contributed by atoms with Crippen LogP contribution >= 0.6 is 0 Å². The van der Waals surface area contributed by atoms with Gasteiger partial charge in [0.25, 0.3) is 0 Å². The summed E-state index contributed by atoms with van der Waals surface area (Å²) < 4.78 is 2.13. The van der Waals surface area contributed by atoms with Crippen LogP contribution in [0.4, 0.5) is 10.6 Å². The summed E-state index contributed by atoms with van der Waals surface area (Å²) in [5.41, 5.74) is 11.0. The number of hydrogen-bond acceptors (Lipinski definition) is 5. The number of nitrogen functional groups attached to an aromatic ring is 1. The van der Waals surface area contributed by atoms with E-state index >= 15 is 0 Å². The SMILES string of the molecule is CC(C)(C)CN(C(=O)O)[C@@H]1CCc2c(-c3cnc4ccccc4c3)c3c(N)ncnc3n2C1. The number of anilines is 1. The second kappa shape index (κ2) is 7.72. The van der Waals surface area contributed by atoms with Crippen LogP contribution in [0.5, 0.6) is 0 Å². The van der Waals surface area contributed by atoms with Crippen LogP contribution in [-0.2, 0) is 13.0 Å². The number of amides is 1. The molecule has 1 aliphatic rings. The van der Waals surface area contributed by atoms with E-state index in [4.69, 9.17) is 5.73 Å². The van der Waals surface area contributed by atoms with Crippen molar-refractivity contribution in [1.29, 1.82) is 0 Å². The van der Waals surface area contributed by atoms with Crippen LogP contribution in [0.1, 0.15) is 32.9 Å². The first-order valence-corrected chi connectivity index (χ1v) is 11.2. The van der Waals surface area contributed by atoms with Crippen LogP contribution < -0.4 is 5.73 Å². The number of para-hydroxylation sites is 1. The van der Waals surface area contributed by atoms with Gasteiger partial charge in [-0.2, -0.15) is 0 Å². The molecule has 8 heteroatoms. The second-order valence-corrected chi connectivity index (χ2v) is 9.97. The van der Waals surface area contributed by atoms with Gasteiger partial charge in [-0.05, 0) is 30.4 Å². The van der Waals surface area contributed by atoms with Gasteiger partial charge in [-0.3, -0.25) is 4.98 Å². The van der Waals surface area contributed by atoms with Gasteiger partial charge in [0, 0.05) is 41.5 Å². The van der Waals surface area contributed by atoms with Crippen LogP contribution in [0, 0.1) is 5.41 Å². The van der Waals surface area contributed by atoms with Crippen LogP contribution in [-0.4, -0.2) is 48.2 Å². The lowest BCUT2D eigenvalue weighted by atomic mass is 9.93. The van der Waals surface area contributed by atoms with Crippen molar-refractivity contribution in [3.8, 4) is 11.1 Å². The van der Waals surface area contributed by atoms with E-state index in [0.717, 1.165) is 51.6 Å². The molecule has 4 aromatic rings. The zero-order chi connectivity index (χ0) is 23.3. The Morgan fingerprint density at radius 2 is 2.03 bits per heavy atom. The molecule has 1 atom stereocenters. The van der Waals surface area contributed by atoms with Crippen molar-refractivity contribution >= 4 is 33.8 Å². The highest BCUT2D eigenvalue weighted by Gasteiger charge is 2.34. The number of benzene rings is 1. The van der Waals surface area contributed by atoms with Crippen molar-refractivity contribution in [3.05, 3.63) is 48.5 Å². The van der Waals surface area contributed by atoms with Crippen molar-refractivity contribution in [2.45, 2.75) is 46.2 Å². The fraction of sp³-hybridized carbons (Fsp3) is 0.360. The third kappa shape index (κ3) is 3.75. The number of pyridine rings is 1. The molecule has 1 amide bonds. The lowest BCUT2D eigenvalue weighted by molar-refractivity contribution is 0.0896. The first-order chi connectivity index (χ1) is 15.7. The van der Waals surface area contributed by atoms with E-state index in [1.807, 2.05) is 30.5 Å². The molecule has 4 heterocycles. The highest BCUT2D eigenvalue weighted by Crippen LogP contribution is 2.40. The smallest absolute Gasteiger partial charge is 0.407 e. The number of hydrogen-bond donors (Lipinski definition) is 2. The minimum atomic E-state index is -0.886. The fourth-order valence-corrected chi connectivity index (χ4v) is 4.94. The summed E-state index contributed by atoms with van der Waals surface area (Å²) in [7, 11) is 0. The molecule has 0 saturated heterocycles. The Kier molecular flexibility index (Phi) is 4.96. The Morgan fingerprint density at radius 3 is 2.79 bits per heavy atom. The van der Waals surface area contributed by atoms with Gasteiger partial charge in [-0.15, -0.1) is 0 Å². The summed E-state index contributed by atoms with van der Waals surface area (Å²) in [6, 6.07) is 10.00. The summed E-state index contributed by atoms with van der Waals surface area (Å²) in [6.07, 6.45) is 3.92. The van der Waals surface area contributed by atoms with Crippen molar-refractivity contribution in [1.82, 2.24) is 24.4 Å². The molecule has 0 unspecified atom stereocenters. The van der Waals surface area contributed by atoms with Crippen molar-refractivity contribution in [2.24, 2.45) is 5.41 Å². The lowest BCUT2D eigenvalue weighted by Crippen LogP contribution is -2.47. The summed E-state index contributed by atoms with van der Waals surface area (Å²) in [5, 5.41) is 11.8. The molecule has 33 heavy (non-hydrogen) atoms. The molecule has 0 spiro atoms. The fourth-order valence-electron chi connectivity index (χ4n) is 4.94. The van der Waals surface area contributed by atoms with E-state index < -0.39 is 6.09 Å². The summed E-state index contributed by atoms with van der Waals surface area (Å²) in [5.74, 6) is 0.423. The zero-order valence-electron chi connectivity index (χ0n) is 19.1. The van der Waals surface area contributed by atoms with E-state index in [0.29, 0.717) is 18.9 Å². The maximum atomic E-state index is 12.1. The number of fused-ring (bicyclic) bond motifs is 4. The largest absolute Gasteiger partial charge is 0.465 e. The van der Waals surface area contributed by atoms with Crippen LogP contribution in [0.2, 0.25) is 0 Å². The minimum absolute atomic E-state index is 0.133. The molecular weight excluding hydrogens is 416 g/mol. The molecular formula is C25H28N6O2. The molecule has 0 radical (unpaired) electrons. The Labute approximate surface area is 192 Å². The second-order valence-electron chi connectivity index (χ2n) is 9.97. The van der Waals surface area contributed by atoms with Gasteiger partial charge in [0.1, 0.15) is 17.8 Å². The molecule has 5 rings (SSSR count). The maximum absolute atomic E-state index is 12.1. The predicted molar refractivity (Wildman–Crippen MR) is 129 cm³/mol. The van der Waals surface area contributed by atoms with Crippen molar-refractivity contribution < 1.29 is 9.90 Å². The average Bonchev–Trinajstić information content (AvgIpc) is 3.11. The summed E-state index contributed by atoms with van der Waals surface area (Å²) in [6.45, 7) is 7.18. The van der Waals surface area contributed by atoms with Gasteiger partial charge >= 0.3 is 6.09 Å². The molecule has 170 valence electrons. The number of carboxylic acid groups (broad SMARTS) is 1. The van der Waals surface area contributed by atoms with E-state index in [2.05, 4.69) is 46.4 Å². The van der Waals surface area contributed by atoms with Gasteiger partial charge in [-0.1, -0.05) is 39.0 Å². The van der Waals surface area contributed by atoms with Crippen LogP contribution in [0.15, 0.2) is 42.9 Å². The normalized spacial score (nSPS) is 16.2. The number of nitrogens with zero attached hydrogens (tertiary/aromatic N) is 5. The van der Waals surface area contributed by atoms with Crippen LogP contribution in [0.3, 0.4) is 0 Å². The predicted octanol–water partition coefficient (Wildman–Crippen LogP) is 4.57. The lowest BCUT2D eigenvalue weighted by Gasteiger charge is -2.37. The van der Waals surface area contributed by atoms with Gasteiger partial charge in [0.15, 0.2) is 0 Å². The monoisotopic (exact) mass is 444 g/mol. The molecule has 0 bridgehead atoms. The summed E-state index contributed by atoms with van der Waals surface area (Å²) >= 11 is 0. The Hall–Kier alpha value is -3.68. The molecule has 3 N–H and O–H groups in total. The highest BCUT2D eigenvalue weighted by atomic mass is 16.4. The van der Waals surface area contributed by atoms with E-state index in [1.54, 1.807) is 4.90 Å². The Bertz CT molecular complexity index is 1370. The molecule has 1 aliphatic heterocycles. The standard InChI is InChI=1S/C25H28N6O2/c1-25(2,3)13-31(24(32)33)17-8-9-19-20(16-10-15-6-4-5-7-18(15)27-11-16)21-22(26)28-14-29-23(21)30(19)12-17/h4-7,10-11,14,17H,8-9,12-13H2,1-3H3,(H,32,33)(H2,26,28,29)/t17-/m1/s1. The van der Waals surface area contributed by atoms with Gasteiger partial charge in [0.05, 0.1) is 16.9 Å². The number of carbonyl (C=O) groups is 1. The zero-order valence-corrected chi connectivity index (χ0v) is 19.1. The molecule has 0 fully saturated rings. The molecule has 8 nitrogen and oxygen atoms in total. The average molecular weight is 445 g/mol. The quantitative estimate of drug-likeness (QED) is 0.479. The van der Waals surface area contributed by atoms with Gasteiger partial charge in [0.2, 0.25) is 0 Å². The molecule has 1 aromatic carbocycles. The van der Waals surface area contributed by atoms with Crippen molar-refractivity contribution in [2.75, 3.05) is 12.3 Å². The van der Waals surface area contributed by atoms with Gasteiger partial charge in [-0.25, -0.2) is 14.8 Å². The highest BCUT2D eigenvalue weighted by molar-refractivity contribution is 6.03. The third-order valence-corrected chi connectivity index (χ3v) is 6.29. The van der Waals surface area contributed by atoms with E-state index in [9.17, 15) is 9.90 Å². The number of nitrogens with two attached hydrogens (primary N) is 1. The van der Waals surface area contributed by atoms with E-state index in [-0.39, 0.29) is 11.5 Å². The summed E-state index contributed by atoms with van der Waals surface area (Å²) in [4.78, 5) is 27.2. The minimum Gasteiger partial charge on any atom is -0.465 e. The third-order valence-electron chi connectivity index (χ3n) is 6.29. The topological polar surface area (TPSA) is 110 Å². The Balaban J connectivity index is 1.65. The van der Waals surface area contributed by atoms with Gasteiger partial charge < -0.3 is 20.3 Å². The first kappa shape index (κ1) is 21.2.